The van der Waals surface area contributed by atoms with Crippen LogP contribution in [0.5, 0.6) is 0 Å². The maximum atomic E-state index is 5.85. The van der Waals surface area contributed by atoms with Crippen LogP contribution >= 0.6 is 23.1 Å². The highest BCUT2D eigenvalue weighted by Crippen LogP contribution is 2.42. The maximum absolute atomic E-state index is 5.85. The minimum Gasteiger partial charge on any atom is -0.419 e. The van der Waals surface area contributed by atoms with Gasteiger partial charge in [-0.1, -0.05) is 36.0 Å². The van der Waals surface area contributed by atoms with E-state index >= 15 is 0 Å². The summed E-state index contributed by atoms with van der Waals surface area (Å²) in [5, 5.41) is 15.8. The van der Waals surface area contributed by atoms with Gasteiger partial charge in [-0.15, -0.1) is 26.6 Å². The molecule has 1 aliphatic rings. The molecule has 1 atom stereocenters. The van der Waals surface area contributed by atoms with E-state index in [1.54, 1.807) is 23.1 Å². The lowest BCUT2D eigenvalue weighted by atomic mass is 10.3. The van der Waals surface area contributed by atoms with Gasteiger partial charge in [-0.25, -0.2) is 9.67 Å². The second kappa shape index (κ2) is 6.94. The molecule has 6 nitrogen and oxygen atoms in total. The molecule has 0 saturated heterocycles. The molecule has 0 unspecified atom stereocenters. The fourth-order valence-corrected chi connectivity index (χ4v) is 4.26. The highest BCUT2D eigenvalue weighted by molar-refractivity contribution is 7.99. The van der Waals surface area contributed by atoms with Crippen molar-refractivity contribution in [3.05, 3.63) is 59.6 Å². The number of nitrogens with zero attached hydrogens (tertiary/aromatic N) is 5. The summed E-state index contributed by atoms with van der Waals surface area (Å²) >= 11 is 3.13. The summed E-state index contributed by atoms with van der Waals surface area (Å²) in [4.78, 5) is 5.78. The lowest BCUT2D eigenvalue weighted by Gasteiger charge is -2.04. The minimum absolute atomic E-state index is 0.0233. The van der Waals surface area contributed by atoms with E-state index in [9.17, 15) is 0 Å². The van der Waals surface area contributed by atoms with Crippen molar-refractivity contribution in [2.75, 3.05) is 0 Å². The zero-order chi connectivity index (χ0) is 18.2. The molecule has 1 aliphatic carbocycles. The summed E-state index contributed by atoms with van der Waals surface area (Å²) in [6, 6.07) is 14.1. The molecule has 3 aromatic heterocycles. The second-order valence-electron chi connectivity index (χ2n) is 6.46. The highest BCUT2D eigenvalue weighted by Gasteiger charge is 2.31. The van der Waals surface area contributed by atoms with E-state index in [4.69, 9.17) is 14.5 Å². The molecule has 0 radical (unpaired) electrons. The van der Waals surface area contributed by atoms with Gasteiger partial charge in [0.1, 0.15) is 5.82 Å². The SMILES string of the molecule is C[C@H](Sc1nc(C2CC2)n(-c2ccccc2)n1)c1nnc(-c2cccs2)o1. The Morgan fingerprint density at radius 2 is 2.00 bits per heavy atom. The zero-order valence-corrected chi connectivity index (χ0v) is 16.3. The molecular weight excluding hydrogens is 378 g/mol. The quantitative estimate of drug-likeness (QED) is 0.423. The zero-order valence-electron chi connectivity index (χ0n) is 14.6. The number of hydrogen-bond acceptors (Lipinski definition) is 7. The lowest BCUT2D eigenvalue weighted by Crippen LogP contribution is -2.01. The van der Waals surface area contributed by atoms with E-state index in [0.717, 1.165) is 21.5 Å². The van der Waals surface area contributed by atoms with Gasteiger partial charge in [0.25, 0.3) is 5.89 Å². The normalized spacial score (nSPS) is 15.1. The fraction of sp³-hybridized carbons (Fsp3) is 0.263. The molecule has 0 amide bonds. The summed E-state index contributed by atoms with van der Waals surface area (Å²) in [6.45, 7) is 2.04. The summed E-state index contributed by atoms with van der Waals surface area (Å²) < 4.78 is 7.82. The number of benzene rings is 1. The molecule has 136 valence electrons. The smallest absolute Gasteiger partial charge is 0.257 e. The van der Waals surface area contributed by atoms with Crippen molar-refractivity contribution in [1.29, 1.82) is 0 Å². The first-order chi connectivity index (χ1) is 13.3. The molecule has 27 heavy (non-hydrogen) atoms. The Hall–Kier alpha value is -2.45. The van der Waals surface area contributed by atoms with Crippen LogP contribution in [0.4, 0.5) is 0 Å². The molecule has 8 heteroatoms. The Bertz CT molecular complexity index is 1040. The maximum Gasteiger partial charge on any atom is 0.257 e. The van der Waals surface area contributed by atoms with Crippen molar-refractivity contribution in [2.24, 2.45) is 0 Å². The van der Waals surface area contributed by atoms with Crippen LogP contribution in [0, 0.1) is 0 Å². The third-order valence-electron chi connectivity index (χ3n) is 4.36. The Balaban J connectivity index is 1.39. The van der Waals surface area contributed by atoms with Gasteiger partial charge < -0.3 is 4.42 Å². The predicted octanol–water partition coefficient (Wildman–Crippen LogP) is 5.11. The summed E-state index contributed by atoms with van der Waals surface area (Å²) in [6.07, 6.45) is 2.36. The first kappa shape index (κ1) is 16.7. The van der Waals surface area contributed by atoms with Crippen molar-refractivity contribution in [3.63, 3.8) is 0 Å². The van der Waals surface area contributed by atoms with E-state index in [2.05, 4.69) is 22.3 Å². The van der Waals surface area contributed by atoms with Crippen LogP contribution in [0.15, 0.2) is 57.4 Å². The molecule has 0 bridgehead atoms. The molecule has 5 rings (SSSR count). The van der Waals surface area contributed by atoms with E-state index in [-0.39, 0.29) is 5.25 Å². The molecule has 0 N–H and O–H groups in total. The molecule has 0 spiro atoms. The predicted molar refractivity (Wildman–Crippen MR) is 105 cm³/mol. The van der Waals surface area contributed by atoms with Gasteiger partial charge in [-0.05, 0) is 43.3 Å². The van der Waals surface area contributed by atoms with Crippen molar-refractivity contribution in [3.8, 4) is 16.5 Å². The van der Waals surface area contributed by atoms with Gasteiger partial charge in [0, 0.05) is 5.92 Å². The number of thioether (sulfide) groups is 1. The third kappa shape index (κ3) is 3.42. The molecule has 1 saturated carbocycles. The monoisotopic (exact) mass is 395 g/mol. The number of para-hydroxylation sites is 1. The Kier molecular flexibility index (Phi) is 4.29. The van der Waals surface area contributed by atoms with Crippen LogP contribution in [-0.2, 0) is 0 Å². The number of hydrogen-bond donors (Lipinski definition) is 0. The van der Waals surface area contributed by atoms with Crippen LogP contribution in [0.25, 0.3) is 16.5 Å². The molecule has 3 heterocycles. The van der Waals surface area contributed by atoms with E-state index in [0.29, 0.717) is 17.7 Å². The number of aromatic nitrogens is 5. The van der Waals surface area contributed by atoms with Gasteiger partial charge in [-0.2, -0.15) is 0 Å². The van der Waals surface area contributed by atoms with Crippen molar-refractivity contribution < 1.29 is 4.42 Å². The van der Waals surface area contributed by atoms with Gasteiger partial charge >= 0.3 is 0 Å². The summed E-state index contributed by atoms with van der Waals surface area (Å²) in [5.74, 6) is 2.71. The highest BCUT2D eigenvalue weighted by atomic mass is 32.2. The van der Waals surface area contributed by atoms with Crippen molar-refractivity contribution in [1.82, 2.24) is 25.0 Å². The minimum atomic E-state index is -0.0233. The Labute approximate surface area is 164 Å². The standard InChI is InChI=1S/C19H17N5OS2/c1-12(17-21-22-18(25-17)15-8-5-11-26-15)27-19-20-16(13-9-10-13)24(23-19)14-6-3-2-4-7-14/h2-8,11-13H,9-10H2,1H3/t12-/m0/s1. The van der Waals surface area contributed by atoms with Crippen LogP contribution in [0.1, 0.15) is 42.6 Å². The summed E-state index contributed by atoms with van der Waals surface area (Å²) in [5.41, 5.74) is 1.05. The molecule has 0 aliphatic heterocycles. The second-order valence-corrected chi connectivity index (χ2v) is 8.71. The number of thiophene rings is 1. The van der Waals surface area contributed by atoms with Crippen LogP contribution < -0.4 is 0 Å². The van der Waals surface area contributed by atoms with E-state index in [1.165, 1.54) is 12.8 Å². The first-order valence-corrected chi connectivity index (χ1v) is 10.6. The topological polar surface area (TPSA) is 69.6 Å². The summed E-state index contributed by atoms with van der Waals surface area (Å²) in [7, 11) is 0. The number of rotatable bonds is 6. The van der Waals surface area contributed by atoms with Crippen LogP contribution in [0.2, 0.25) is 0 Å². The molecule has 1 aromatic carbocycles. The van der Waals surface area contributed by atoms with Crippen molar-refractivity contribution >= 4 is 23.1 Å². The Morgan fingerprint density at radius 3 is 2.74 bits per heavy atom. The molecule has 4 aromatic rings. The molecular formula is C19H17N5OS2. The third-order valence-corrected chi connectivity index (χ3v) is 6.16. The van der Waals surface area contributed by atoms with Gasteiger partial charge in [0.05, 0.1) is 15.8 Å². The first-order valence-electron chi connectivity index (χ1n) is 8.84. The lowest BCUT2D eigenvalue weighted by molar-refractivity contribution is 0.510. The molecule has 1 fully saturated rings. The average molecular weight is 396 g/mol. The van der Waals surface area contributed by atoms with E-state index in [1.807, 2.05) is 47.3 Å². The van der Waals surface area contributed by atoms with Gasteiger partial charge in [0.15, 0.2) is 0 Å². The fourth-order valence-electron chi connectivity index (χ4n) is 2.83. The van der Waals surface area contributed by atoms with Gasteiger partial charge in [0.2, 0.25) is 11.0 Å². The average Bonchev–Trinajstić information content (AvgIpc) is 3.11. The van der Waals surface area contributed by atoms with E-state index < -0.39 is 0 Å². The van der Waals surface area contributed by atoms with Crippen molar-refractivity contribution in [2.45, 2.75) is 36.1 Å². The Morgan fingerprint density at radius 1 is 1.15 bits per heavy atom. The van der Waals surface area contributed by atoms with Gasteiger partial charge in [-0.3, -0.25) is 0 Å². The van der Waals surface area contributed by atoms with Crippen LogP contribution in [0.3, 0.4) is 0 Å². The largest absolute Gasteiger partial charge is 0.419 e. The van der Waals surface area contributed by atoms with Crippen LogP contribution in [-0.4, -0.2) is 25.0 Å².